The SMILES string of the molecule is N=c1c(=O)[nH]c2ccccc2c2ccccc12. The molecule has 0 aliphatic heterocycles. The number of benzene rings is 2. The summed E-state index contributed by atoms with van der Waals surface area (Å²) in [7, 11) is 0. The lowest BCUT2D eigenvalue weighted by atomic mass is 10.1. The number of hydrogen-bond donors (Lipinski definition) is 2. The Kier molecular flexibility index (Phi) is 2.05. The van der Waals surface area contributed by atoms with Crippen LogP contribution in [0.15, 0.2) is 53.3 Å². The van der Waals surface area contributed by atoms with Gasteiger partial charge in [0.1, 0.15) is 5.36 Å². The lowest BCUT2D eigenvalue weighted by molar-refractivity contribution is 1.19. The first-order valence-corrected chi connectivity index (χ1v) is 5.36. The van der Waals surface area contributed by atoms with Gasteiger partial charge in [0.25, 0.3) is 5.56 Å². The van der Waals surface area contributed by atoms with Gasteiger partial charge in [-0.25, -0.2) is 0 Å². The Morgan fingerprint density at radius 1 is 0.824 bits per heavy atom. The highest BCUT2D eigenvalue weighted by Gasteiger charge is 2.01. The molecule has 3 nitrogen and oxygen atoms in total. The van der Waals surface area contributed by atoms with Gasteiger partial charge in [-0.1, -0.05) is 42.5 Å². The number of H-pyrrole nitrogens is 1. The van der Waals surface area contributed by atoms with E-state index >= 15 is 0 Å². The summed E-state index contributed by atoms with van der Waals surface area (Å²) < 4.78 is 0. The highest BCUT2D eigenvalue weighted by molar-refractivity contribution is 6.04. The molecule has 3 rings (SSSR count). The van der Waals surface area contributed by atoms with Gasteiger partial charge in [-0.2, -0.15) is 0 Å². The predicted molar refractivity (Wildman–Crippen MR) is 67.9 cm³/mol. The Labute approximate surface area is 96.9 Å². The molecule has 0 saturated heterocycles. The van der Waals surface area contributed by atoms with Crippen LogP contribution in [0.5, 0.6) is 0 Å². The molecule has 0 atom stereocenters. The third-order valence-corrected chi connectivity index (χ3v) is 2.89. The summed E-state index contributed by atoms with van der Waals surface area (Å²) in [5.74, 6) is 0. The van der Waals surface area contributed by atoms with Crippen molar-refractivity contribution in [3.63, 3.8) is 0 Å². The number of nitrogens with one attached hydrogen (secondary N) is 2. The lowest BCUT2D eigenvalue weighted by Crippen LogP contribution is -2.23. The molecule has 2 aromatic carbocycles. The predicted octanol–water partition coefficient (Wildman–Crippen LogP) is 2.16. The molecule has 82 valence electrons. The third-order valence-electron chi connectivity index (χ3n) is 2.89. The molecule has 0 radical (unpaired) electrons. The second kappa shape index (κ2) is 3.56. The molecule has 0 spiro atoms. The third kappa shape index (κ3) is 1.44. The van der Waals surface area contributed by atoms with Crippen molar-refractivity contribution in [1.82, 2.24) is 4.98 Å². The minimum Gasteiger partial charge on any atom is -0.320 e. The topological polar surface area (TPSA) is 56.7 Å². The fraction of sp³-hybridized carbons (Fsp3) is 0. The second-order valence-corrected chi connectivity index (χ2v) is 3.92. The van der Waals surface area contributed by atoms with Gasteiger partial charge in [-0.05, 0) is 11.5 Å². The van der Waals surface area contributed by atoms with Crippen molar-refractivity contribution in [3.05, 3.63) is 64.2 Å². The van der Waals surface area contributed by atoms with E-state index in [1.54, 1.807) is 6.07 Å². The molecule has 1 aromatic heterocycles. The molecule has 0 fully saturated rings. The van der Waals surface area contributed by atoms with Crippen LogP contribution in [0.25, 0.3) is 21.7 Å². The zero-order valence-corrected chi connectivity index (χ0v) is 9.03. The van der Waals surface area contributed by atoms with Crippen molar-refractivity contribution in [1.29, 1.82) is 5.41 Å². The molecule has 2 N–H and O–H groups in total. The molecule has 0 unspecified atom stereocenters. The van der Waals surface area contributed by atoms with Gasteiger partial charge in [0.15, 0.2) is 0 Å². The molecule has 17 heavy (non-hydrogen) atoms. The average molecular weight is 222 g/mol. The highest BCUT2D eigenvalue weighted by Crippen LogP contribution is 2.18. The van der Waals surface area contributed by atoms with Crippen molar-refractivity contribution in [2.24, 2.45) is 0 Å². The number of aromatic nitrogens is 1. The highest BCUT2D eigenvalue weighted by atomic mass is 16.1. The minimum atomic E-state index is -0.359. The first kappa shape index (κ1) is 9.78. The summed E-state index contributed by atoms with van der Waals surface area (Å²) in [6, 6.07) is 15.1. The Bertz CT molecular complexity index is 834. The molecule has 0 amide bonds. The van der Waals surface area contributed by atoms with Gasteiger partial charge in [-0.15, -0.1) is 0 Å². The average Bonchev–Trinajstić information content (AvgIpc) is 2.48. The first-order valence-electron chi connectivity index (χ1n) is 5.36. The largest absolute Gasteiger partial charge is 0.320 e. The second-order valence-electron chi connectivity index (χ2n) is 3.92. The van der Waals surface area contributed by atoms with Crippen molar-refractivity contribution in [2.45, 2.75) is 0 Å². The van der Waals surface area contributed by atoms with E-state index in [9.17, 15) is 4.79 Å². The summed E-state index contributed by atoms with van der Waals surface area (Å²) in [6.45, 7) is 0. The molecular formula is C14H10N2O. The van der Waals surface area contributed by atoms with E-state index < -0.39 is 0 Å². The van der Waals surface area contributed by atoms with Crippen LogP contribution >= 0.6 is 0 Å². The number of rotatable bonds is 0. The van der Waals surface area contributed by atoms with Crippen LogP contribution < -0.4 is 10.9 Å². The van der Waals surface area contributed by atoms with E-state index in [1.807, 2.05) is 42.5 Å². The minimum absolute atomic E-state index is 0.0109. The molecule has 3 aromatic rings. The normalized spacial score (nSPS) is 10.8. The van der Waals surface area contributed by atoms with Gasteiger partial charge in [0.2, 0.25) is 0 Å². The zero-order valence-electron chi connectivity index (χ0n) is 9.03. The Balaban J connectivity index is 2.82. The summed E-state index contributed by atoms with van der Waals surface area (Å²) in [5, 5.41) is 10.4. The zero-order chi connectivity index (χ0) is 11.8. The van der Waals surface area contributed by atoms with E-state index in [1.165, 1.54) is 0 Å². The number of fused-ring (bicyclic) bond motifs is 3. The summed E-state index contributed by atoms with van der Waals surface area (Å²) in [4.78, 5) is 14.6. The molecule has 0 bridgehead atoms. The number of para-hydroxylation sites is 1. The summed E-state index contributed by atoms with van der Waals surface area (Å²) >= 11 is 0. The van der Waals surface area contributed by atoms with Crippen LogP contribution in [-0.2, 0) is 0 Å². The van der Waals surface area contributed by atoms with Crippen molar-refractivity contribution >= 4 is 21.7 Å². The van der Waals surface area contributed by atoms with Gasteiger partial charge in [0, 0.05) is 16.3 Å². The quantitative estimate of drug-likeness (QED) is 0.601. The lowest BCUT2D eigenvalue weighted by Gasteiger charge is -1.95. The molecule has 0 saturated carbocycles. The van der Waals surface area contributed by atoms with Crippen LogP contribution in [0.4, 0.5) is 0 Å². The molecular weight excluding hydrogens is 212 g/mol. The van der Waals surface area contributed by atoms with Crippen molar-refractivity contribution < 1.29 is 0 Å². The van der Waals surface area contributed by atoms with Crippen LogP contribution in [0, 0.1) is 5.41 Å². The van der Waals surface area contributed by atoms with Gasteiger partial charge in [0.05, 0.1) is 0 Å². The fourth-order valence-electron chi connectivity index (χ4n) is 2.07. The van der Waals surface area contributed by atoms with E-state index in [4.69, 9.17) is 5.41 Å². The first-order chi connectivity index (χ1) is 8.27. The van der Waals surface area contributed by atoms with E-state index in [0.29, 0.717) is 5.39 Å². The Morgan fingerprint density at radius 3 is 2.18 bits per heavy atom. The van der Waals surface area contributed by atoms with Crippen LogP contribution in [0.2, 0.25) is 0 Å². The van der Waals surface area contributed by atoms with Crippen LogP contribution in [0.3, 0.4) is 0 Å². The summed E-state index contributed by atoms with van der Waals surface area (Å²) in [5.41, 5.74) is 0.398. The molecule has 0 aliphatic carbocycles. The van der Waals surface area contributed by atoms with Crippen molar-refractivity contribution in [3.8, 4) is 0 Å². The Hall–Kier alpha value is -2.42. The van der Waals surface area contributed by atoms with Gasteiger partial charge < -0.3 is 4.98 Å². The van der Waals surface area contributed by atoms with E-state index in [2.05, 4.69) is 4.98 Å². The maximum atomic E-state index is 11.8. The monoisotopic (exact) mass is 222 g/mol. The Morgan fingerprint density at radius 2 is 1.41 bits per heavy atom. The van der Waals surface area contributed by atoms with Crippen LogP contribution in [0.1, 0.15) is 0 Å². The summed E-state index contributed by atoms with van der Waals surface area (Å²) in [6.07, 6.45) is 0. The smallest absolute Gasteiger partial charge is 0.274 e. The van der Waals surface area contributed by atoms with E-state index in [-0.39, 0.29) is 10.9 Å². The maximum absolute atomic E-state index is 11.8. The number of hydrogen-bond acceptors (Lipinski definition) is 2. The fourth-order valence-corrected chi connectivity index (χ4v) is 2.07. The van der Waals surface area contributed by atoms with Gasteiger partial charge >= 0.3 is 0 Å². The molecule has 0 aliphatic rings. The van der Waals surface area contributed by atoms with Crippen LogP contribution in [-0.4, -0.2) is 4.98 Å². The van der Waals surface area contributed by atoms with E-state index in [0.717, 1.165) is 16.3 Å². The van der Waals surface area contributed by atoms with Gasteiger partial charge in [-0.3, -0.25) is 10.2 Å². The maximum Gasteiger partial charge on any atom is 0.274 e. The van der Waals surface area contributed by atoms with Crippen molar-refractivity contribution in [2.75, 3.05) is 0 Å². The molecule has 3 heteroatoms. The number of aromatic amines is 1. The molecule has 1 heterocycles. The standard InChI is InChI=1S/C14H10N2O/c15-13-11-7-2-1-5-9(11)10-6-3-4-8-12(10)16-14(13)17/h1-8H,(H2,15,16,17).